The Hall–Kier alpha value is -3.40. The first-order valence-corrected chi connectivity index (χ1v) is 9.05. The summed E-state index contributed by atoms with van der Waals surface area (Å²) in [4.78, 5) is 36.8. The van der Waals surface area contributed by atoms with E-state index in [9.17, 15) is 9.59 Å². The Morgan fingerprint density at radius 1 is 1.00 bits per heavy atom. The van der Waals surface area contributed by atoms with Gasteiger partial charge in [0.15, 0.2) is 11.6 Å². The van der Waals surface area contributed by atoms with E-state index in [2.05, 4.69) is 32.1 Å². The fourth-order valence-electron chi connectivity index (χ4n) is 3.06. The third-order valence-corrected chi connectivity index (χ3v) is 4.70. The summed E-state index contributed by atoms with van der Waals surface area (Å²) < 4.78 is 9.52. The number of aromatic nitrogens is 2. The lowest BCUT2D eigenvalue weighted by molar-refractivity contribution is 0.0599. The topological polar surface area (TPSA) is 123 Å². The van der Waals surface area contributed by atoms with Gasteiger partial charge in [-0.05, 0) is 25.2 Å². The summed E-state index contributed by atoms with van der Waals surface area (Å²) in [5.74, 6) is -0.125. The predicted molar refractivity (Wildman–Crippen MR) is 109 cm³/mol. The smallest absolute Gasteiger partial charge is 0.337 e. The van der Waals surface area contributed by atoms with Crippen LogP contribution in [-0.2, 0) is 9.47 Å². The Morgan fingerprint density at radius 3 is 2.14 bits per heavy atom. The van der Waals surface area contributed by atoms with Crippen molar-refractivity contribution in [1.29, 1.82) is 0 Å². The standard InChI is InChI=1S/C19H24N6O4/c1-24-4-6-25(7-5-24)17-15(20)16(21-11-22-17)23-14-9-12(18(26)28-2)8-13(10-14)19(27)29-3/h8-11H,4-7,20H2,1-3H3,(H,21,22,23). The number of likely N-dealkylation sites (N-methyl/N-ethyl adjacent to an activating group) is 1. The fourth-order valence-corrected chi connectivity index (χ4v) is 3.06. The minimum atomic E-state index is -0.576. The van der Waals surface area contributed by atoms with E-state index < -0.39 is 11.9 Å². The number of benzene rings is 1. The van der Waals surface area contributed by atoms with Crippen molar-refractivity contribution in [2.45, 2.75) is 0 Å². The average molecular weight is 400 g/mol. The quantitative estimate of drug-likeness (QED) is 0.706. The van der Waals surface area contributed by atoms with Gasteiger partial charge in [-0.25, -0.2) is 19.6 Å². The lowest BCUT2D eigenvalue weighted by Gasteiger charge is -2.33. The Labute approximate surface area is 168 Å². The first-order chi connectivity index (χ1) is 13.9. The van der Waals surface area contributed by atoms with Crippen LogP contribution in [0.15, 0.2) is 24.5 Å². The number of esters is 2. The van der Waals surface area contributed by atoms with Crippen LogP contribution < -0.4 is 16.0 Å². The number of nitrogens with two attached hydrogens (primary N) is 1. The molecule has 1 aliphatic heterocycles. The van der Waals surface area contributed by atoms with Gasteiger partial charge in [0.05, 0.1) is 25.3 Å². The highest BCUT2D eigenvalue weighted by atomic mass is 16.5. The number of nitrogen functional groups attached to an aromatic ring is 1. The largest absolute Gasteiger partial charge is 0.465 e. The Morgan fingerprint density at radius 2 is 1.59 bits per heavy atom. The van der Waals surface area contributed by atoms with Crippen LogP contribution in [-0.4, -0.2) is 74.3 Å². The summed E-state index contributed by atoms with van der Waals surface area (Å²) in [6.45, 7) is 3.44. The van der Waals surface area contributed by atoms with Crippen LogP contribution in [0.4, 0.5) is 23.0 Å². The third-order valence-electron chi connectivity index (χ3n) is 4.70. The van der Waals surface area contributed by atoms with Crippen LogP contribution in [0.2, 0.25) is 0 Å². The molecule has 1 aliphatic rings. The number of carbonyl (C=O) groups is 2. The van der Waals surface area contributed by atoms with Gasteiger partial charge >= 0.3 is 11.9 Å². The van der Waals surface area contributed by atoms with E-state index in [4.69, 9.17) is 15.2 Å². The minimum absolute atomic E-state index is 0.199. The highest BCUT2D eigenvalue weighted by Crippen LogP contribution is 2.30. The molecule has 1 saturated heterocycles. The molecule has 10 nitrogen and oxygen atoms in total. The summed E-state index contributed by atoms with van der Waals surface area (Å²) in [6, 6.07) is 4.51. The molecule has 0 spiro atoms. The van der Waals surface area contributed by atoms with Crippen molar-refractivity contribution >= 4 is 34.9 Å². The minimum Gasteiger partial charge on any atom is -0.465 e. The van der Waals surface area contributed by atoms with Crippen LogP contribution in [0.5, 0.6) is 0 Å². The molecule has 29 heavy (non-hydrogen) atoms. The summed E-state index contributed by atoms with van der Waals surface area (Å²) in [5, 5.41) is 3.07. The second kappa shape index (κ2) is 8.74. The van der Waals surface area contributed by atoms with Gasteiger partial charge in [-0.15, -0.1) is 0 Å². The molecule has 2 heterocycles. The summed E-state index contributed by atoms with van der Waals surface area (Å²) in [6.07, 6.45) is 1.43. The van der Waals surface area contributed by atoms with Crippen molar-refractivity contribution in [3.8, 4) is 0 Å². The van der Waals surface area contributed by atoms with E-state index >= 15 is 0 Å². The summed E-state index contributed by atoms with van der Waals surface area (Å²) in [5.41, 5.74) is 7.55. The number of hydrogen-bond acceptors (Lipinski definition) is 10. The van der Waals surface area contributed by atoms with Crippen molar-refractivity contribution in [3.63, 3.8) is 0 Å². The molecule has 2 aromatic rings. The van der Waals surface area contributed by atoms with Crippen molar-refractivity contribution in [1.82, 2.24) is 14.9 Å². The van der Waals surface area contributed by atoms with Gasteiger partial charge in [0.25, 0.3) is 0 Å². The number of anilines is 4. The van der Waals surface area contributed by atoms with Crippen LogP contribution in [0.3, 0.4) is 0 Å². The summed E-state index contributed by atoms with van der Waals surface area (Å²) >= 11 is 0. The molecule has 1 aromatic carbocycles. The maximum Gasteiger partial charge on any atom is 0.337 e. The van der Waals surface area contributed by atoms with Gasteiger partial charge in [0.1, 0.15) is 12.0 Å². The highest BCUT2D eigenvalue weighted by Gasteiger charge is 2.20. The number of piperazine rings is 1. The van der Waals surface area contributed by atoms with Crippen LogP contribution in [0, 0.1) is 0 Å². The normalized spacial score (nSPS) is 14.4. The van der Waals surface area contributed by atoms with E-state index in [0.717, 1.165) is 26.2 Å². The van der Waals surface area contributed by atoms with Crippen molar-refractivity contribution in [2.24, 2.45) is 0 Å². The van der Waals surface area contributed by atoms with E-state index in [1.54, 1.807) is 12.1 Å². The Kier molecular flexibility index (Phi) is 6.13. The second-order valence-electron chi connectivity index (χ2n) is 6.66. The highest BCUT2D eigenvalue weighted by molar-refractivity contribution is 5.97. The van der Waals surface area contributed by atoms with E-state index in [-0.39, 0.29) is 11.1 Å². The molecule has 1 fully saturated rings. The van der Waals surface area contributed by atoms with E-state index in [1.807, 2.05) is 0 Å². The molecule has 154 valence electrons. The molecule has 0 radical (unpaired) electrons. The number of hydrogen-bond donors (Lipinski definition) is 2. The first kappa shape index (κ1) is 20.3. The SMILES string of the molecule is COC(=O)c1cc(Nc2ncnc(N3CCN(C)CC3)c2N)cc(C(=O)OC)c1. The fraction of sp³-hybridized carbons (Fsp3) is 0.368. The number of ether oxygens (including phenoxy) is 2. The van der Waals surface area contributed by atoms with Gasteiger partial charge in [0.2, 0.25) is 0 Å². The van der Waals surface area contributed by atoms with Gasteiger partial charge in [-0.3, -0.25) is 0 Å². The number of methoxy groups -OCH3 is 2. The molecule has 10 heteroatoms. The monoisotopic (exact) mass is 400 g/mol. The average Bonchev–Trinajstić information content (AvgIpc) is 2.74. The number of nitrogens with one attached hydrogen (secondary N) is 1. The van der Waals surface area contributed by atoms with Gasteiger partial charge in [-0.1, -0.05) is 0 Å². The predicted octanol–water partition coefficient (Wildman–Crippen LogP) is 1.13. The molecular formula is C19H24N6O4. The third kappa shape index (κ3) is 4.54. The number of nitrogens with zero attached hydrogens (tertiary/aromatic N) is 4. The lowest BCUT2D eigenvalue weighted by Crippen LogP contribution is -2.45. The number of rotatable bonds is 5. The second-order valence-corrected chi connectivity index (χ2v) is 6.66. The van der Waals surface area contributed by atoms with Crippen LogP contribution in [0.25, 0.3) is 0 Å². The molecule has 3 rings (SSSR count). The molecule has 1 aromatic heterocycles. The van der Waals surface area contributed by atoms with Gasteiger partial charge in [-0.2, -0.15) is 0 Å². The Bertz CT molecular complexity index is 877. The molecule has 0 atom stereocenters. The van der Waals surface area contributed by atoms with Crippen LogP contribution in [0.1, 0.15) is 20.7 Å². The zero-order chi connectivity index (χ0) is 21.0. The van der Waals surface area contributed by atoms with Gasteiger partial charge < -0.3 is 30.3 Å². The summed E-state index contributed by atoms with van der Waals surface area (Å²) in [7, 11) is 4.61. The Balaban J connectivity index is 1.92. The lowest BCUT2D eigenvalue weighted by atomic mass is 10.1. The van der Waals surface area contributed by atoms with E-state index in [1.165, 1.54) is 26.6 Å². The molecule has 0 aliphatic carbocycles. The maximum absolute atomic E-state index is 12.0. The molecule has 0 unspecified atom stereocenters. The van der Waals surface area contributed by atoms with Gasteiger partial charge in [0, 0.05) is 31.9 Å². The van der Waals surface area contributed by atoms with Crippen molar-refractivity contribution in [3.05, 3.63) is 35.7 Å². The van der Waals surface area contributed by atoms with Crippen LogP contribution >= 0.6 is 0 Å². The zero-order valence-electron chi connectivity index (χ0n) is 16.6. The van der Waals surface area contributed by atoms with E-state index in [0.29, 0.717) is 23.0 Å². The van der Waals surface area contributed by atoms with Crippen molar-refractivity contribution in [2.75, 3.05) is 63.4 Å². The molecule has 3 N–H and O–H groups in total. The number of carbonyl (C=O) groups excluding carboxylic acids is 2. The molecule has 0 saturated carbocycles. The molecule has 0 amide bonds. The first-order valence-electron chi connectivity index (χ1n) is 9.05. The zero-order valence-corrected chi connectivity index (χ0v) is 16.6. The molecular weight excluding hydrogens is 376 g/mol. The van der Waals surface area contributed by atoms with Crippen molar-refractivity contribution < 1.29 is 19.1 Å². The maximum atomic E-state index is 12.0. The molecule has 0 bridgehead atoms.